The molecule has 292 valence electrons. The maximum Gasteiger partial charge on any atom is 0 e. The van der Waals surface area contributed by atoms with Gasteiger partial charge in [-0.1, -0.05) is 0 Å². The maximum atomic E-state index is 7.23. The van der Waals surface area contributed by atoms with Crippen LogP contribution in [0, 0.1) is 0 Å². The lowest BCUT2D eigenvalue weighted by atomic mass is 8.18. The van der Waals surface area contributed by atoms with E-state index in [9.17, 15) is 0 Å². The minimum Gasteiger partial charge on any atom is -0.690 e. The quantitative estimate of drug-likeness (QED) is 0.0533. The molecular weight excluding hydrogens is 1050 g/mol. The van der Waals surface area contributed by atoms with Gasteiger partial charge in [0.2, 0.25) is 0 Å². The Morgan fingerprint density at radius 1 is 0.103 bits per heavy atom. The molecule has 0 unspecified atom stereocenters. The summed E-state index contributed by atoms with van der Waals surface area (Å²) in [5, 5.41) is 0. The van der Waals surface area contributed by atoms with Gasteiger partial charge in [-0.05, 0) is 322 Å². The van der Waals surface area contributed by atoms with E-state index in [1.54, 1.807) is 0 Å². The Morgan fingerprint density at radius 3 is 0.237 bits per heavy atom. The highest BCUT2D eigenvalue weighted by Crippen LogP contribution is 2.30. The smallest absolute Gasteiger partial charge is 0 e. The zero-order chi connectivity index (χ0) is 76.8. The van der Waals surface area contributed by atoms with E-state index >= 15 is 0 Å². The zero-order valence-electron chi connectivity index (χ0n) is 56.0. The average molecular weight is 1050 g/mol. The van der Waals surface area contributed by atoms with E-state index in [2.05, 4.69) is 0 Å². The summed E-state index contributed by atoms with van der Waals surface area (Å²) >= 11 is 0. The molecular formula is B97-. The van der Waals surface area contributed by atoms with Crippen molar-refractivity contribution >= 4 is 686 Å². The molecule has 0 aromatic rings. The Morgan fingerprint density at radius 2 is 0.175 bits per heavy atom. The minimum absolute atomic E-state index is 1.04. The summed E-state index contributed by atoms with van der Waals surface area (Å²) in [6.07, 6.45) is -87.3. The van der Waals surface area contributed by atoms with Gasteiger partial charge in [-0.25, -0.2) is 0 Å². The Bertz CT molecular complexity index is 1610. The van der Waals surface area contributed by atoms with Crippen molar-refractivity contribution in [1.29, 1.82) is 0 Å². The highest BCUT2D eigenvalue weighted by Gasteiger charge is 2.68. The highest BCUT2D eigenvalue weighted by molar-refractivity contribution is 8.43. The van der Waals surface area contributed by atoms with Crippen LogP contribution in [0.5, 0.6) is 0 Å². The van der Waals surface area contributed by atoms with Crippen molar-refractivity contribution in [3.63, 3.8) is 0 Å². The van der Waals surface area contributed by atoms with Crippen molar-refractivity contribution in [3.8, 4) is 0 Å². The molecule has 0 rings (SSSR count). The van der Waals surface area contributed by atoms with Crippen molar-refractivity contribution in [2.24, 2.45) is 0 Å². The maximum absolute atomic E-state index is 7.23. The van der Waals surface area contributed by atoms with Gasteiger partial charge in [0.1, 0.15) is 0 Å². The molecule has 0 bridgehead atoms. The van der Waals surface area contributed by atoms with Crippen molar-refractivity contribution in [2.45, 2.75) is 0 Å². The third-order valence-electron chi connectivity index (χ3n) is 20.7. The predicted octanol–water partition coefficient (Wildman–Crippen LogP) is -36.9. The van der Waals surface area contributed by atoms with Crippen LogP contribution in [0.25, 0.3) is 0 Å². The molecule has 100 radical (unpaired) electrons. The first-order chi connectivity index (χ1) is 44.2. The van der Waals surface area contributed by atoms with E-state index in [4.69, 9.17) is 379 Å². The first kappa shape index (κ1) is 103. The molecule has 97 heavy (non-hydrogen) atoms. The SMILES string of the molecule is [B]B([B])B([B][B-])B(B([B])[B])B(B(B([B])[B])B([B])[B])B(B(B(B([B])[B])B([B])[B])B(B([B])[B])B([B])[B])B(B(B(B(B([B])[B])B([B])[B])B(B([B])[B])B([B])[B])B(B(B([B])[B])B([B])[B])B(B([B])[B])B([B])[B])B(B(B(B([B])[B])B([B])[B])B(B([B])[B])B([B])[B])B(B(B([B])[B])B([B])[B])B(B([B])[B])B([B])[B]. The first-order valence-electron chi connectivity index (χ1n) is 32.0. The number of rotatable bonds is 47. The lowest BCUT2D eigenvalue weighted by Crippen LogP contribution is -3.01. The number of hydrogen-bond donors (Lipinski definition) is 0. The van der Waals surface area contributed by atoms with E-state index in [1.165, 1.54) is 0 Å². The molecule has 0 saturated carbocycles. The van der Waals surface area contributed by atoms with E-state index < -0.39 is 300 Å². The van der Waals surface area contributed by atoms with Gasteiger partial charge in [-0.15, -0.1) is 0 Å². The predicted molar refractivity (Wildman–Crippen MR) is 558 cm³/mol. The molecule has 0 saturated heterocycles. The number of hydrogen-bond acceptors (Lipinski definition) is 0. The average Bonchev–Trinajstić information content (AvgIpc) is 3.37. The van der Waals surface area contributed by atoms with Crippen molar-refractivity contribution in [3.05, 3.63) is 0 Å². The van der Waals surface area contributed by atoms with Gasteiger partial charge in [0, 0.05) is 350 Å². The standard InChI is InChI=1S/B97/c1-50-75(51(2)3)87(74(48)49)93(86(72(44)45)73(46)47)96(92(84(68(36)37)69(38)39)85(70(40)41)71(42)43)97(94(88(76(52(4)5)53(6)7)77(54(8)9)55(10)11)89(78(56(12)13)57(14)15)79(58(16)17)59(18)19)95(90(80(60(20)21)61(22)23)81(62(24)25)63(26)27)91(82(64(28)29)65(30)31)83(66(32)33)67(34)35/q-1. The molecule has 0 aliphatic carbocycles. The van der Waals surface area contributed by atoms with Gasteiger partial charge in [0.05, 0.1) is 0 Å². The summed E-state index contributed by atoms with van der Waals surface area (Å²) in [6, 6.07) is 0. The topological polar surface area (TPSA) is 0 Å². The summed E-state index contributed by atoms with van der Waals surface area (Å²) in [5.74, 6) is 0. The minimum atomic E-state index is -2.26. The molecule has 97 heteroatoms. The Kier molecular flexibility index (Phi) is 50.8. The van der Waals surface area contributed by atoms with Gasteiger partial charge >= 0.3 is 0 Å². The van der Waals surface area contributed by atoms with Crippen molar-refractivity contribution in [1.82, 2.24) is 0 Å². The van der Waals surface area contributed by atoms with Crippen molar-refractivity contribution < 1.29 is 0 Å². The molecule has 0 amide bonds. The van der Waals surface area contributed by atoms with Gasteiger partial charge in [-0.2, -0.15) is 0 Å². The Labute approximate surface area is 679 Å². The summed E-state index contributed by atoms with van der Waals surface area (Å²) in [4.78, 5) is 0. The monoisotopic (exact) mass is 1070 g/mol. The summed E-state index contributed by atoms with van der Waals surface area (Å²) in [5.41, 5.74) is 0. The normalized spacial score (nSPS) is 9.82. The van der Waals surface area contributed by atoms with Crippen LogP contribution in [-0.4, -0.2) is 686 Å². The fourth-order valence-electron chi connectivity index (χ4n) is 17.4. The van der Waals surface area contributed by atoms with E-state index in [0.29, 0.717) is 0 Å². The second-order valence-corrected chi connectivity index (χ2v) is 27.3. The Hall–Kier alpha value is 6.30. The molecule has 0 nitrogen and oxygen atoms in total. The summed E-state index contributed by atoms with van der Waals surface area (Å²) in [7, 11) is 348. The van der Waals surface area contributed by atoms with Crippen LogP contribution in [0.15, 0.2) is 0 Å². The van der Waals surface area contributed by atoms with Crippen molar-refractivity contribution in [2.75, 3.05) is 0 Å². The summed E-state index contributed by atoms with van der Waals surface area (Å²) < 4.78 is 0. The molecule has 0 aliphatic rings. The highest BCUT2D eigenvalue weighted by atomic mass is 13.5. The van der Waals surface area contributed by atoms with E-state index in [1.807, 2.05) is 0 Å². The summed E-state index contributed by atoms with van der Waals surface area (Å²) in [6.45, 7) is 0. The molecule has 0 spiro atoms. The van der Waals surface area contributed by atoms with Crippen LogP contribution >= 0.6 is 0 Å². The molecule has 0 fully saturated rings. The Balaban J connectivity index is 14.4. The first-order valence-corrected chi connectivity index (χ1v) is 32.0. The largest absolute Gasteiger partial charge is 0.690 e. The zero-order valence-corrected chi connectivity index (χ0v) is 56.0. The van der Waals surface area contributed by atoms with Crippen LogP contribution in [0.2, 0.25) is 0 Å². The molecule has 0 N–H and O–H groups in total. The van der Waals surface area contributed by atoms with Gasteiger partial charge < -0.3 is 7.74 Å². The molecule has 0 heterocycles. The fraction of sp³-hybridized carbons (Fsp3) is 0. The van der Waals surface area contributed by atoms with Gasteiger partial charge in [-0.3, -0.25) is 7.06 Å². The second-order valence-electron chi connectivity index (χ2n) is 27.3. The molecule has 0 aliphatic heterocycles. The molecule has 0 aromatic heterocycles. The van der Waals surface area contributed by atoms with Crippen LogP contribution < -0.4 is 0 Å². The van der Waals surface area contributed by atoms with Crippen LogP contribution in [0.4, 0.5) is 0 Å². The fourth-order valence-corrected chi connectivity index (χ4v) is 17.4. The molecule has 0 aromatic carbocycles. The lowest BCUT2D eigenvalue weighted by molar-refractivity contribution is 3.13. The lowest BCUT2D eigenvalue weighted by Gasteiger charge is -2.63. The third-order valence-corrected chi connectivity index (χ3v) is 20.7. The second kappa shape index (κ2) is 47.7. The van der Waals surface area contributed by atoms with Crippen LogP contribution in [0.3, 0.4) is 0 Å². The molecule has 0 atom stereocenters. The van der Waals surface area contributed by atoms with Gasteiger partial charge in [0.25, 0.3) is 0 Å². The van der Waals surface area contributed by atoms with Crippen LogP contribution in [-0.2, 0) is 0 Å². The van der Waals surface area contributed by atoms with E-state index in [-0.39, 0.29) is 0 Å². The van der Waals surface area contributed by atoms with Gasteiger partial charge in [0.15, 0.2) is 0 Å². The van der Waals surface area contributed by atoms with E-state index in [0.717, 1.165) is 7.06 Å². The third kappa shape index (κ3) is 27.8. The van der Waals surface area contributed by atoms with Crippen LogP contribution in [0.1, 0.15) is 0 Å².